The Morgan fingerprint density at radius 3 is 2.65 bits per heavy atom. The lowest BCUT2D eigenvalue weighted by atomic mass is 10.2. The summed E-state index contributed by atoms with van der Waals surface area (Å²) in [4.78, 5) is 9.32. The number of aryl methyl sites for hydroxylation is 1. The van der Waals surface area contributed by atoms with Crippen LogP contribution in [-0.4, -0.2) is 9.55 Å². The van der Waals surface area contributed by atoms with Gasteiger partial charge < -0.3 is 4.57 Å². The summed E-state index contributed by atoms with van der Waals surface area (Å²) in [6.07, 6.45) is 1.82. The summed E-state index contributed by atoms with van der Waals surface area (Å²) >= 11 is 0. The van der Waals surface area contributed by atoms with Gasteiger partial charge in [0.1, 0.15) is 5.49 Å². The number of para-hydroxylation sites is 2. The molecular weight excluding hydrogens is 282 g/mol. The zero-order chi connectivity index (χ0) is 15.6. The minimum absolute atomic E-state index is 0.878. The highest BCUT2D eigenvalue weighted by atomic mass is 15.0. The average Bonchev–Trinajstić information content (AvgIpc) is 2.62. The first kappa shape index (κ1) is 13.7. The van der Waals surface area contributed by atoms with E-state index in [9.17, 15) is 0 Å². The van der Waals surface area contributed by atoms with Crippen LogP contribution in [0.25, 0.3) is 21.8 Å². The third kappa shape index (κ3) is 2.40. The molecule has 2 aromatic carbocycles. The van der Waals surface area contributed by atoms with Crippen molar-refractivity contribution in [1.29, 1.82) is 0 Å². The van der Waals surface area contributed by atoms with Crippen LogP contribution in [0.5, 0.6) is 0 Å². The fraction of sp³-hybridized carbons (Fsp3) is 0.100. The van der Waals surface area contributed by atoms with Crippen LogP contribution in [-0.2, 0) is 6.54 Å². The summed E-state index contributed by atoms with van der Waals surface area (Å²) in [7, 11) is 0. The molecule has 112 valence electrons. The summed E-state index contributed by atoms with van der Waals surface area (Å²) < 4.78 is 2.24. The van der Waals surface area contributed by atoms with Gasteiger partial charge in [-0.1, -0.05) is 36.4 Å². The van der Waals surface area contributed by atoms with E-state index < -0.39 is 0 Å². The molecule has 0 aliphatic carbocycles. The van der Waals surface area contributed by atoms with Crippen molar-refractivity contribution in [2.24, 2.45) is 4.99 Å². The van der Waals surface area contributed by atoms with E-state index in [1.54, 1.807) is 0 Å². The van der Waals surface area contributed by atoms with Crippen molar-refractivity contribution >= 4 is 27.5 Å². The molecule has 0 radical (unpaired) electrons. The number of pyridine rings is 2. The summed E-state index contributed by atoms with van der Waals surface area (Å²) in [6, 6.07) is 22.7. The van der Waals surface area contributed by atoms with Crippen molar-refractivity contribution < 1.29 is 0 Å². The van der Waals surface area contributed by atoms with Gasteiger partial charge in [0.25, 0.3) is 0 Å². The molecule has 23 heavy (non-hydrogen) atoms. The van der Waals surface area contributed by atoms with Crippen molar-refractivity contribution in [1.82, 2.24) is 9.55 Å². The molecule has 0 amide bonds. The van der Waals surface area contributed by atoms with Crippen molar-refractivity contribution in [2.75, 3.05) is 0 Å². The van der Waals surface area contributed by atoms with Gasteiger partial charge >= 0.3 is 0 Å². The van der Waals surface area contributed by atoms with E-state index >= 15 is 0 Å². The Hall–Kier alpha value is -2.94. The quantitative estimate of drug-likeness (QED) is 0.538. The zero-order valence-corrected chi connectivity index (χ0v) is 13.0. The van der Waals surface area contributed by atoms with Crippen LogP contribution in [0.3, 0.4) is 0 Å². The monoisotopic (exact) mass is 299 g/mol. The molecule has 0 unspecified atom stereocenters. The van der Waals surface area contributed by atoms with Gasteiger partial charge in [-0.3, -0.25) is 4.98 Å². The average molecular weight is 299 g/mol. The largest absolute Gasteiger partial charge is 0.326 e. The maximum atomic E-state index is 4.91. The number of benzene rings is 2. The first-order valence-electron chi connectivity index (χ1n) is 7.84. The first-order chi connectivity index (χ1) is 11.4. The van der Waals surface area contributed by atoms with E-state index in [1.165, 1.54) is 10.9 Å². The highest BCUT2D eigenvalue weighted by Gasteiger charge is 2.02. The Balaban J connectivity index is 2.03. The molecule has 0 atom stereocenters. The molecule has 0 spiro atoms. The number of fused-ring (bicyclic) bond motifs is 2. The molecule has 0 fully saturated rings. The van der Waals surface area contributed by atoms with E-state index in [4.69, 9.17) is 4.99 Å². The van der Waals surface area contributed by atoms with E-state index in [1.807, 2.05) is 30.5 Å². The molecule has 3 nitrogen and oxygen atoms in total. The number of hydrogen-bond acceptors (Lipinski definition) is 2. The molecule has 4 rings (SSSR count). The highest BCUT2D eigenvalue weighted by molar-refractivity contribution is 5.89. The molecule has 3 heteroatoms. The predicted octanol–water partition coefficient (Wildman–Crippen LogP) is 4.44. The molecule has 0 saturated heterocycles. The summed E-state index contributed by atoms with van der Waals surface area (Å²) in [5, 5.41) is 2.30. The van der Waals surface area contributed by atoms with Crippen molar-refractivity contribution in [3.8, 4) is 0 Å². The van der Waals surface area contributed by atoms with Crippen molar-refractivity contribution in [2.45, 2.75) is 13.5 Å². The number of nitrogens with zero attached hydrogens (tertiary/aromatic N) is 3. The second-order valence-electron chi connectivity index (χ2n) is 5.45. The molecule has 2 heterocycles. The number of hydrogen-bond donors (Lipinski definition) is 0. The van der Waals surface area contributed by atoms with Gasteiger partial charge in [-0.05, 0) is 42.6 Å². The Kier molecular flexibility index (Phi) is 3.39. The van der Waals surface area contributed by atoms with Crippen LogP contribution in [0.1, 0.15) is 6.92 Å². The Labute approximate surface area is 134 Å². The number of rotatable bonds is 2. The van der Waals surface area contributed by atoms with Crippen LogP contribution in [0.15, 0.2) is 77.9 Å². The lowest BCUT2D eigenvalue weighted by Gasteiger charge is -2.10. The fourth-order valence-electron chi connectivity index (χ4n) is 2.98. The van der Waals surface area contributed by atoms with Gasteiger partial charge in [0.2, 0.25) is 0 Å². The Bertz CT molecular complexity index is 1060. The molecule has 2 aromatic heterocycles. The van der Waals surface area contributed by atoms with Crippen LogP contribution >= 0.6 is 0 Å². The van der Waals surface area contributed by atoms with Crippen LogP contribution < -0.4 is 5.49 Å². The first-order valence-corrected chi connectivity index (χ1v) is 7.84. The van der Waals surface area contributed by atoms with Gasteiger partial charge in [-0.2, -0.15) is 0 Å². The Morgan fingerprint density at radius 2 is 1.74 bits per heavy atom. The third-order valence-electron chi connectivity index (χ3n) is 4.09. The normalized spacial score (nSPS) is 12.1. The molecule has 0 saturated carbocycles. The van der Waals surface area contributed by atoms with Gasteiger partial charge in [-0.15, -0.1) is 0 Å². The molecule has 0 aliphatic rings. The van der Waals surface area contributed by atoms with Crippen LogP contribution in [0, 0.1) is 0 Å². The Morgan fingerprint density at radius 1 is 0.913 bits per heavy atom. The molecule has 0 bridgehead atoms. The maximum Gasteiger partial charge on any atom is 0.133 e. The van der Waals surface area contributed by atoms with Gasteiger partial charge in [0.05, 0.1) is 11.2 Å². The second-order valence-corrected chi connectivity index (χ2v) is 5.45. The molecule has 4 aromatic rings. The van der Waals surface area contributed by atoms with Gasteiger partial charge in [0.15, 0.2) is 0 Å². The van der Waals surface area contributed by atoms with Crippen LogP contribution in [0.2, 0.25) is 0 Å². The van der Waals surface area contributed by atoms with E-state index in [0.29, 0.717) is 0 Å². The smallest absolute Gasteiger partial charge is 0.133 e. The zero-order valence-electron chi connectivity index (χ0n) is 13.0. The van der Waals surface area contributed by atoms with Gasteiger partial charge in [0, 0.05) is 23.6 Å². The van der Waals surface area contributed by atoms with Gasteiger partial charge in [-0.25, -0.2) is 4.99 Å². The van der Waals surface area contributed by atoms with E-state index in [0.717, 1.165) is 28.6 Å². The summed E-state index contributed by atoms with van der Waals surface area (Å²) in [5.41, 5.74) is 4.09. The number of aromatic nitrogens is 2. The van der Waals surface area contributed by atoms with E-state index in [2.05, 4.69) is 58.9 Å². The van der Waals surface area contributed by atoms with E-state index in [-0.39, 0.29) is 0 Å². The predicted molar refractivity (Wildman–Crippen MR) is 94.6 cm³/mol. The highest BCUT2D eigenvalue weighted by Crippen LogP contribution is 2.23. The van der Waals surface area contributed by atoms with Crippen LogP contribution in [0.4, 0.5) is 5.69 Å². The summed E-state index contributed by atoms with van der Waals surface area (Å²) in [6.45, 7) is 3.03. The van der Waals surface area contributed by atoms with Crippen molar-refractivity contribution in [3.63, 3.8) is 0 Å². The standard InChI is InChI=1S/C20H17N3/c1-2-23-19-10-6-3-7-15(19)11-12-20(23)22-18-13-14-21-17-9-5-4-8-16(17)18/h3-14H,2H2,1H3. The fourth-order valence-corrected chi connectivity index (χ4v) is 2.98. The minimum Gasteiger partial charge on any atom is -0.326 e. The molecular formula is C20H17N3. The van der Waals surface area contributed by atoms with Crippen molar-refractivity contribution in [3.05, 3.63) is 78.4 Å². The molecule has 0 N–H and O–H groups in total. The summed E-state index contributed by atoms with van der Waals surface area (Å²) in [5.74, 6) is 0. The lowest BCUT2D eigenvalue weighted by Crippen LogP contribution is -2.19. The third-order valence-corrected chi connectivity index (χ3v) is 4.09. The minimum atomic E-state index is 0.878. The lowest BCUT2D eigenvalue weighted by molar-refractivity contribution is 0.745. The SMILES string of the molecule is CCn1c(=Nc2ccnc3ccccc23)ccc2ccccc21. The molecule has 0 aliphatic heterocycles. The second kappa shape index (κ2) is 5.69. The topological polar surface area (TPSA) is 30.2 Å². The maximum absolute atomic E-state index is 4.91.